The molecule has 7 unspecified atom stereocenters. The third-order valence-corrected chi connectivity index (χ3v) is 7.87. The SMILES string of the molecule is O=C(Oc1ccc(I)cc1)OC1C2CC3C1OC(=O)C3C2C(=O)OC(C(F)(F)F)C(F)(F)S(=O)(=O)O. The van der Waals surface area contributed by atoms with Gasteiger partial charge >= 0.3 is 39.6 Å². The van der Waals surface area contributed by atoms with Gasteiger partial charge in [0.1, 0.15) is 18.0 Å². The van der Waals surface area contributed by atoms with Crippen LogP contribution in [0.5, 0.6) is 5.75 Å². The smallest absolute Gasteiger partial charge is 0.458 e. The Hall–Kier alpha value is -2.28. The Morgan fingerprint density at radius 1 is 1.11 bits per heavy atom. The molecule has 3 aliphatic rings. The summed E-state index contributed by atoms with van der Waals surface area (Å²) in [5.74, 6) is -8.15. The number of carbonyl (C=O) groups excluding carboxylic acids is 3. The van der Waals surface area contributed by atoms with Crippen LogP contribution in [0.1, 0.15) is 6.42 Å². The van der Waals surface area contributed by atoms with Crippen LogP contribution in [0.3, 0.4) is 0 Å². The number of alkyl halides is 5. The molecule has 1 N–H and O–H groups in total. The molecule has 4 rings (SSSR count). The molecule has 17 heteroatoms. The van der Waals surface area contributed by atoms with Crippen LogP contribution in [0.2, 0.25) is 0 Å². The summed E-state index contributed by atoms with van der Waals surface area (Å²) in [6.07, 6.45) is -14.5. The van der Waals surface area contributed by atoms with E-state index in [1.54, 1.807) is 12.1 Å². The minimum Gasteiger partial charge on any atom is -0.458 e. The third-order valence-electron chi connectivity index (χ3n) is 6.25. The van der Waals surface area contributed by atoms with Gasteiger partial charge in [0.15, 0.2) is 0 Å². The summed E-state index contributed by atoms with van der Waals surface area (Å²) in [4.78, 5) is 37.2. The fraction of sp³-hybridized carbons (Fsp3) is 0.526. The Kier molecular flexibility index (Phi) is 6.64. The van der Waals surface area contributed by atoms with E-state index in [0.29, 0.717) is 0 Å². The second kappa shape index (κ2) is 8.93. The summed E-state index contributed by atoms with van der Waals surface area (Å²) in [5, 5.41) is -5.94. The summed E-state index contributed by atoms with van der Waals surface area (Å²) in [6.45, 7) is 0. The summed E-state index contributed by atoms with van der Waals surface area (Å²) in [5.41, 5.74) is 0. The first-order valence-electron chi connectivity index (χ1n) is 9.99. The molecule has 2 aliphatic carbocycles. The lowest BCUT2D eigenvalue weighted by atomic mass is 9.78. The molecule has 1 aromatic rings. The van der Waals surface area contributed by atoms with Crippen LogP contribution in [0.25, 0.3) is 0 Å². The first kappa shape index (κ1) is 26.8. The Morgan fingerprint density at radius 3 is 2.28 bits per heavy atom. The molecule has 0 spiro atoms. The molecule has 2 saturated carbocycles. The highest BCUT2D eigenvalue weighted by Gasteiger charge is 2.72. The molecule has 1 aromatic carbocycles. The molecule has 3 fully saturated rings. The second-order valence-electron chi connectivity index (χ2n) is 8.30. The van der Waals surface area contributed by atoms with Crippen LogP contribution >= 0.6 is 22.6 Å². The maximum absolute atomic E-state index is 13.9. The zero-order valence-electron chi connectivity index (χ0n) is 17.4. The predicted molar refractivity (Wildman–Crippen MR) is 111 cm³/mol. The molecule has 198 valence electrons. The summed E-state index contributed by atoms with van der Waals surface area (Å²) >= 11 is 2.00. The van der Waals surface area contributed by atoms with E-state index in [2.05, 4.69) is 4.74 Å². The largest absolute Gasteiger partial charge is 0.514 e. The third kappa shape index (κ3) is 4.59. The Labute approximate surface area is 212 Å². The molecule has 0 aromatic heterocycles. The van der Waals surface area contributed by atoms with E-state index in [1.807, 2.05) is 22.6 Å². The van der Waals surface area contributed by atoms with Crippen molar-refractivity contribution in [3.8, 4) is 5.75 Å². The number of benzene rings is 1. The first-order valence-corrected chi connectivity index (χ1v) is 12.5. The highest BCUT2D eigenvalue weighted by molar-refractivity contribution is 14.1. The van der Waals surface area contributed by atoms with Crippen LogP contribution in [-0.4, -0.2) is 60.8 Å². The lowest BCUT2D eigenvalue weighted by Crippen LogP contribution is -2.54. The van der Waals surface area contributed by atoms with Crippen molar-refractivity contribution in [2.24, 2.45) is 23.7 Å². The van der Waals surface area contributed by atoms with E-state index in [1.165, 1.54) is 12.1 Å². The molecule has 1 aliphatic heterocycles. The van der Waals surface area contributed by atoms with E-state index < -0.39 is 81.6 Å². The molecule has 0 radical (unpaired) electrons. The van der Waals surface area contributed by atoms with Crippen molar-refractivity contribution < 1.29 is 68.3 Å². The highest BCUT2D eigenvalue weighted by Crippen LogP contribution is 2.59. The number of rotatable bonds is 6. The molecule has 1 saturated heterocycles. The van der Waals surface area contributed by atoms with Gasteiger partial charge in [-0.15, -0.1) is 0 Å². The van der Waals surface area contributed by atoms with E-state index in [4.69, 9.17) is 18.8 Å². The molecular formula is C19H14F5IO10S. The standard InChI is InChI=1S/C19H14F5IO10S/c20-18(21,22)16(19(23,24)36(29,30)31)35-15(27)11-9-5-8-10(11)14(26)33-12(8)13(9)34-17(28)32-7-3-1-6(25)2-4-7/h1-4,8-13,16H,5H2,(H,29,30,31). The minimum absolute atomic E-state index is 0.0618. The van der Waals surface area contributed by atoms with Crippen LogP contribution in [0.4, 0.5) is 26.7 Å². The molecular weight excluding hydrogens is 642 g/mol. The van der Waals surface area contributed by atoms with Gasteiger partial charge in [0, 0.05) is 15.4 Å². The van der Waals surface area contributed by atoms with Crippen molar-refractivity contribution in [2.45, 2.75) is 36.2 Å². The van der Waals surface area contributed by atoms with E-state index in [0.717, 1.165) is 3.57 Å². The number of hydrogen-bond acceptors (Lipinski definition) is 9. The lowest BCUT2D eigenvalue weighted by Gasteiger charge is -2.32. The molecule has 7 atom stereocenters. The molecule has 1 heterocycles. The normalized spacial score (nSPS) is 30.0. The van der Waals surface area contributed by atoms with Gasteiger partial charge in [-0.1, -0.05) is 0 Å². The van der Waals surface area contributed by atoms with Gasteiger partial charge in [0.2, 0.25) is 0 Å². The van der Waals surface area contributed by atoms with Crippen molar-refractivity contribution in [2.75, 3.05) is 0 Å². The fourth-order valence-corrected chi connectivity index (χ4v) is 5.67. The highest BCUT2D eigenvalue weighted by atomic mass is 127. The van der Waals surface area contributed by atoms with Gasteiger partial charge in [-0.25, -0.2) is 4.79 Å². The Morgan fingerprint density at radius 2 is 1.72 bits per heavy atom. The van der Waals surface area contributed by atoms with E-state index in [9.17, 15) is 44.8 Å². The molecule has 2 bridgehead atoms. The maximum atomic E-state index is 13.9. The van der Waals surface area contributed by atoms with Gasteiger partial charge < -0.3 is 18.9 Å². The Balaban J connectivity index is 1.55. The van der Waals surface area contributed by atoms with Crippen molar-refractivity contribution in [1.29, 1.82) is 0 Å². The molecule has 10 nitrogen and oxygen atoms in total. The van der Waals surface area contributed by atoms with Gasteiger partial charge in [0.05, 0.1) is 11.8 Å². The van der Waals surface area contributed by atoms with Gasteiger partial charge in [-0.3, -0.25) is 14.1 Å². The first-order chi connectivity index (χ1) is 16.5. The summed E-state index contributed by atoms with van der Waals surface area (Å²) < 4.78 is 118. The summed E-state index contributed by atoms with van der Waals surface area (Å²) in [6, 6.07) is 6.08. The van der Waals surface area contributed by atoms with E-state index >= 15 is 0 Å². The predicted octanol–water partition coefficient (Wildman–Crippen LogP) is 2.94. The number of esters is 2. The number of hydrogen-bond donors (Lipinski definition) is 1. The molecule has 36 heavy (non-hydrogen) atoms. The number of carbonyl (C=O) groups is 3. The number of ether oxygens (including phenoxy) is 4. The fourth-order valence-electron chi connectivity index (χ4n) is 4.86. The minimum atomic E-state index is -6.65. The average molecular weight is 656 g/mol. The van der Waals surface area contributed by atoms with E-state index in [-0.39, 0.29) is 12.2 Å². The zero-order valence-corrected chi connectivity index (χ0v) is 20.3. The topological polar surface area (TPSA) is 142 Å². The van der Waals surface area contributed by atoms with Crippen LogP contribution in [-0.2, 0) is 33.9 Å². The number of fused-ring (bicyclic) bond motifs is 1. The van der Waals surface area contributed by atoms with Crippen molar-refractivity contribution >= 4 is 50.8 Å². The van der Waals surface area contributed by atoms with Crippen molar-refractivity contribution in [3.63, 3.8) is 0 Å². The monoisotopic (exact) mass is 656 g/mol. The van der Waals surface area contributed by atoms with Crippen LogP contribution in [0, 0.1) is 27.2 Å². The average Bonchev–Trinajstić information content (AvgIpc) is 3.35. The maximum Gasteiger partial charge on any atom is 0.514 e. The molecule has 0 amide bonds. The quantitative estimate of drug-likeness (QED) is 0.121. The van der Waals surface area contributed by atoms with Crippen molar-refractivity contribution in [1.82, 2.24) is 0 Å². The lowest BCUT2D eigenvalue weighted by molar-refractivity contribution is -0.262. The van der Waals surface area contributed by atoms with Gasteiger partial charge in [0.25, 0.3) is 6.10 Å². The number of halogens is 6. The second-order valence-corrected chi connectivity index (χ2v) is 11.0. The van der Waals surface area contributed by atoms with Crippen LogP contribution < -0.4 is 4.74 Å². The Bertz CT molecular complexity index is 1190. The van der Waals surface area contributed by atoms with Gasteiger partial charge in [-0.05, 0) is 53.3 Å². The van der Waals surface area contributed by atoms with Crippen molar-refractivity contribution in [3.05, 3.63) is 27.8 Å². The van der Waals surface area contributed by atoms with Crippen LogP contribution in [0.15, 0.2) is 24.3 Å². The zero-order chi connectivity index (χ0) is 26.8. The van der Waals surface area contributed by atoms with Gasteiger partial charge in [-0.2, -0.15) is 30.4 Å². The summed E-state index contributed by atoms with van der Waals surface area (Å²) in [7, 11) is -6.65.